The molecule has 0 radical (unpaired) electrons. The Labute approximate surface area is 133 Å². The third-order valence-corrected chi connectivity index (χ3v) is 4.35. The minimum absolute atomic E-state index is 0.287. The summed E-state index contributed by atoms with van der Waals surface area (Å²) in [6.07, 6.45) is 5.77. The van der Waals surface area contributed by atoms with E-state index in [4.69, 9.17) is 0 Å². The zero-order valence-corrected chi connectivity index (χ0v) is 13.0. The molecule has 1 aromatic carbocycles. The number of anilines is 1. The fraction of sp³-hybridized carbons (Fsp3) is 0.353. The van der Waals surface area contributed by atoms with Gasteiger partial charge in [0.2, 0.25) is 0 Å². The third kappa shape index (κ3) is 2.54. The topological polar surface area (TPSA) is 46.8 Å². The van der Waals surface area contributed by atoms with Crippen LogP contribution in [0.1, 0.15) is 19.8 Å². The van der Waals surface area contributed by atoms with Gasteiger partial charge < -0.3 is 4.90 Å². The summed E-state index contributed by atoms with van der Waals surface area (Å²) in [5, 5.41) is 5.31. The zero-order chi connectivity index (χ0) is 15.8. The first-order chi connectivity index (χ1) is 11.2. The predicted molar refractivity (Wildman–Crippen MR) is 87.2 cm³/mol. The van der Waals surface area contributed by atoms with Crippen molar-refractivity contribution >= 4 is 16.9 Å². The number of hydrogen-bond acceptors (Lipinski definition) is 4. The van der Waals surface area contributed by atoms with Crippen LogP contribution in [0.5, 0.6) is 0 Å². The van der Waals surface area contributed by atoms with Crippen LogP contribution in [0.15, 0.2) is 36.8 Å². The summed E-state index contributed by atoms with van der Waals surface area (Å²) >= 11 is 0. The second-order valence-electron chi connectivity index (χ2n) is 6.16. The molecule has 5 nitrogen and oxygen atoms in total. The van der Waals surface area contributed by atoms with E-state index in [1.54, 1.807) is 23.3 Å². The van der Waals surface area contributed by atoms with Crippen LogP contribution in [0.2, 0.25) is 0 Å². The van der Waals surface area contributed by atoms with Crippen LogP contribution in [0.4, 0.5) is 10.2 Å². The molecule has 0 spiro atoms. The monoisotopic (exact) mass is 311 g/mol. The highest BCUT2D eigenvalue weighted by molar-refractivity contribution is 5.87. The largest absolute Gasteiger partial charge is 0.356 e. The van der Waals surface area contributed by atoms with Crippen molar-refractivity contribution < 1.29 is 4.39 Å². The molecule has 2 aromatic heterocycles. The lowest BCUT2D eigenvalue weighted by Gasteiger charge is -2.31. The predicted octanol–water partition coefficient (Wildman–Crippen LogP) is 3.19. The molecule has 0 saturated carbocycles. The number of benzene rings is 1. The van der Waals surface area contributed by atoms with Gasteiger partial charge in [0, 0.05) is 13.1 Å². The van der Waals surface area contributed by atoms with Gasteiger partial charge in [-0.3, -0.25) is 0 Å². The van der Waals surface area contributed by atoms with Crippen LogP contribution in [0, 0.1) is 11.7 Å². The van der Waals surface area contributed by atoms with E-state index < -0.39 is 0 Å². The van der Waals surface area contributed by atoms with E-state index in [1.165, 1.54) is 25.0 Å². The van der Waals surface area contributed by atoms with Gasteiger partial charge in [0.15, 0.2) is 5.65 Å². The Bertz CT molecular complexity index is 844. The van der Waals surface area contributed by atoms with Crippen LogP contribution in [0.3, 0.4) is 0 Å². The van der Waals surface area contributed by atoms with Gasteiger partial charge in [-0.1, -0.05) is 13.0 Å². The summed E-state index contributed by atoms with van der Waals surface area (Å²) in [4.78, 5) is 11.1. The van der Waals surface area contributed by atoms with E-state index in [1.807, 2.05) is 6.07 Å². The summed E-state index contributed by atoms with van der Waals surface area (Å²) in [7, 11) is 0. The summed E-state index contributed by atoms with van der Waals surface area (Å²) in [5.74, 6) is 1.29. The van der Waals surface area contributed by atoms with Crippen LogP contribution in [0.25, 0.3) is 16.7 Å². The number of halogens is 1. The lowest BCUT2D eigenvalue weighted by atomic mass is 10.0. The molecule has 23 heavy (non-hydrogen) atoms. The molecule has 0 aliphatic carbocycles. The molecule has 118 valence electrons. The second-order valence-corrected chi connectivity index (χ2v) is 6.16. The first kappa shape index (κ1) is 14.1. The highest BCUT2D eigenvalue weighted by atomic mass is 19.1. The minimum Gasteiger partial charge on any atom is -0.356 e. The maximum absolute atomic E-state index is 13.5. The molecule has 3 aromatic rings. The highest BCUT2D eigenvalue weighted by Crippen LogP contribution is 2.28. The lowest BCUT2D eigenvalue weighted by Crippen LogP contribution is -2.34. The van der Waals surface area contributed by atoms with Gasteiger partial charge in [-0.2, -0.15) is 5.10 Å². The first-order valence-corrected chi connectivity index (χ1v) is 7.92. The quantitative estimate of drug-likeness (QED) is 0.729. The SMILES string of the molecule is CC1CCCN(c2ncnc3c2cnn3-c2cccc(F)c2)C1. The van der Waals surface area contributed by atoms with E-state index >= 15 is 0 Å². The number of nitrogens with zero attached hydrogens (tertiary/aromatic N) is 5. The Balaban J connectivity index is 1.80. The van der Waals surface area contributed by atoms with Gasteiger partial charge in [0.05, 0.1) is 17.3 Å². The minimum atomic E-state index is -0.287. The van der Waals surface area contributed by atoms with Crippen LogP contribution in [-0.2, 0) is 0 Å². The summed E-state index contributed by atoms with van der Waals surface area (Å²) in [6, 6.07) is 6.37. The van der Waals surface area contributed by atoms with Gasteiger partial charge >= 0.3 is 0 Å². The molecule has 0 amide bonds. The van der Waals surface area contributed by atoms with Gasteiger partial charge in [0.25, 0.3) is 0 Å². The molecular formula is C17H18FN5. The summed E-state index contributed by atoms with van der Waals surface area (Å²) < 4.78 is 15.2. The molecule has 4 rings (SSSR count). The van der Waals surface area contributed by atoms with Gasteiger partial charge in [-0.25, -0.2) is 19.0 Å². The van der Waals surface area contributed by atoms with Crippen LogP contribution < -0.4 is 4.90 Å². The molecule has 1 fully saturated rings. The van der Waals surface area contributed by atoms with Crippen molar-refractivity contribution in [3.63, 3.8) is 0 Å². The van der Waals surface area contributed by atoms with E-state index in [0.29, 0.717) is 17.3 Å². The van der Waals surface area contributed by atoms with Gasteiger partial charge in [-0.15, -0.1) is 0 Å². The first-order valence-electron chi connectivity index (χ1n) is 7.92. The highest BCUT2D eigenvalue weighted by Gasteiger charge is 2.21. The lowest BCUT2D eigenvalue weighted by molar-refractivity contribution is 0.445. The molecule has 3 heterocycles. The zero-order valence-electron chi connectivity index (χ0n) is 13.0. The summed E-state index contributed by atoms with van der Waals surface area (Å²) in [6.45, 7) is 4.26. The number of aromatic nitrogens is 4. The van der Waals surface area contributed by atoms with Crippen LogP contribution >= 0.6 is 0 Å². The maximum Gasteiger partial charge on any atom is 0.168 e. The van der Waals surface area contributed by atoms with E-state index in [-0.39, 0.29) is 5.82 Å². The smallest absolute Gasteiger partial charge is 0.168 e. The van der Waals surface area contributed by atoms with Crippen molar-refractivity contribution in [3.05, 3.63) is 42.6 Å². The van der Waals surface area contributed by atoms with Crippen molar-refractivity contribution in [1.82, 2.24) is 19.7 Å². The van der Waals surface area contributed by atoms with Crippen molar-refractivity contribution in [1.29, 1.82) is 0 Å². The Morgan fingerprint density at radius 1 is 1.26 bits per heavy atom. The molecule has 1 aliphatic rings. The van der Waals surface area contributed by atoms with Crippen molar-refractivity contribution in [3.8, 4) is 5.69 Å². The molecule has 1 aliphatic heterocycles. The molecule has 0 N–H and O–H groups in total. The van der Waals surface area contributed by atoms with Crippen molar-refractivity contribution in [2.45, 2.75) is 19.8 Å². The Kier molecular flexibility index (Phi) is 3.44. The Morgan fingerprint density at radius 3 is 3.00 bits per heavy atom. The molecule has 1 atom stereocenters. The second kappa shape index (κ2) is 5.61. The van der Waals surface area contributed by atoms with E-state index in [9.17, 15) is 4.39 Å². The third-order valence-electron chi connectivity index (χ3n) is 4.35. The molecule has 1 saturated heterocycles. The number of piperidine rings is 1. The summed E-state index contributed by atoms with van der Waals surface area (Å²) in [5.41, 5.74) is 1.37. The Morgan fingerprint density at radius 2 is 2.17 bits per heavy atom. The van der Waals surface area contributed by atoms with Crippen LogP contribution in [-0.4, -0.2) is 32.8 Å². The van der Waals surface area contributed by atoms with Crippen molar-refractivity contribution in [2.75, 3.05) is 18.0 Å². The number of rotatable bonds is 2. The molecule has 0 bridgehead atoms. The van der Waals surface area contributed by atoms with E-state index in [0.717, 1.165) is 24.3 Å². The molecular weight excluding hydrogens is 293 g/mol. The average Bonchev–Trinajstić information content (AvgIpc) is 2.99. The van der Waals surface area contributed by atoms with E-state index in [2.05, 4.69) is 26.9 Å². The molecule has 1 unspecified atom stereocenters. The fourth-order valence-corrected chi connectivity index (χ4v) is 3.26. The number of hydrogen-bond donors (Lipinski definition) is 0. The average molecular weight is 311 g/mol. The normalized spacial score (nSPS) is 18.5. The Hall–Kier alpha value is -2.50. The van der Waals surface area contributed by atoms with Gasteiger partial charge in [-0.05, 0) is 37.0 Å². The standard InChI is InChI=1S/C17H18FN5/c1-12-4-3-7-22(10-12)16-15-9-21-23(17(15)20-11-19-16)14-6-2-5-13(18)8-14/h2,5-6,8-9,11-12H,3-4,7,10H2,1H3. The number of fused-ring (bicyclic) bond motifs is 1. The maximum atomic E-state index is 13.5. The molecule has 6 heteroatoms. The van der Waals surface area contributed by atoms with Crippen molar-refractivity contribution in [2.24, 2.45) is 5.92 Å². The van der Waals surface area contributed by atoms with Gasteiger partial charge in [0.1, 0.15) is 18.0 Å². The fourth-order valence-electron chi connectivity index (χ4n) is 3.26.